The van der Waals surface area contributed by atoms with Gasteiger partial charge in [-0.3, -0.25) is 4.79 Å². The normalized spacial score (nSPS) is 18.8. The fourth-order valence-electron chi connectivity index (χ4n) is 3.09. The maximum absolute atomic E-state index is 13.1. The number of halogens is 1. The summed E-state index contributed by atoms with van der Waals surface area (Å²) in [6.45, 7) is 3.03. The van der Waals surface area contributed by atoms with Crippen molar-refractivity contribution in [2.24, 2.45) is 5.92 Å². The largest absolute Gasteiger partial charge is 0.364 e. The lowest BCUT2D eigenvalue weighted by Crippen LogP contribution is -2.40. The van der Waals surface area contributed by atoms with Gasteiger partial charge in [0.2, 0.25) is 5.91 Å². The fourth-order valence-corrected chi connectivity index (χ4v) is 3.09. The summed E-state index contributed by atoms with van der Waals surface area (Å²) in [6.07, 6.45) is 2.33. The number of benzene rings is 1. The van der Waals surface area contributed by atoms with Gasteiger partial charge in [-0.05, 0) is 50.6 Å². The van der Waals surface area contributed by atoms with Crippen LogP contribution in [0.4, 0.5) is 4.39 Å². The van der Waals surface area contributed by atoms with Gasteiger partial charge in [0.1, 0.15) is 24.9 Å². The molecule has 2 aromatic rings. The third kappa shape index (κ3) is 4.52. The molecular formula is C17H23FN4O2. The van der Waals surface area contributed by atoms with E-state index in [-0.39, 0.29) is 24.9 Å². The minimum atomic E-state index is -0.314. The lowest BCUT2D eigenvalue weighted by Gasteiger charge is -2.29. The molecule has 1 fully saturated rings. The number of amides is 1. The number of hydrogen-bond acceptors (Lipinski definition) is 4. The van der Waals surface area contributed by atoms with Gasteiger partial charge in [-0.1, -0.05) is 0 Å². The lowest BCUT2D eigenvalue weighted by molar-refractivity contribution is -0.126. The summed E-state index contributed by atoms with van der Waals surface area (Å²) >= 11 is 0. The number of piperidine rings is 1. The second-order valence-electron chi connectivity index (χ2n) is 6.41. The SMILES string of the molecule is CN1CCC[C@@H](CNC(=O)COCc2nc3ccc(F)cc3[nH]2)C1. The fraction of sp³-hybridized carbons (Fsp3) is 0.529. The molecule has 1 aliphatic rings. The average molecular weight is 334 g/mol. The van der Waals surface area contributed by atoms with Crippen LogP contribution >= 0.6 is 0 Å². The first-order valence-corrected chi connectivity index (χ1v) is 8.27. The molecule has 2 heterocycles. The van der Waals surface area contributed by atoms with Crippen LogP contribution in [0.1, 0.15) is 18.7 Å². The Balaban J connectivity index is 1.39. The van der Waals surface area contributed by atoms with E-state index in [0.29, 0.717) is 29.3 Å². The number of carbonyl (C=O) groups excluding carboxylic acids is 1. The van der Waals surface area contributed by atoms with E-state index in [2.05, 4.69) is 27.2 Å². The van der Waals surface area contributed by atoms with Gasteiger partial charge in [-0.25, -0.2) is 9.37 Å². The molecular weight excluding hydrogens is 311 g/mol. The number of fused-ring (bicyclic) bond motifs is 1. The number of carbonyl (C=O) groups is 1. The molecule has 2 N–H and O–H groups in total. The maximum Gasteiger partial charge on any atom is 0.246 e. The van der Waals surface area contributed by atoms with Crippen molar-refractivity contribution in [1.29, 1.82) is 0 Å². The van der Waals surface area contributed by atoms with Crippen LogP contribution in [-0.4, -0.2) is 54.1 Å². The van der Waals surface area contributed by atoms with Crippen LogP contribution in [0.3, 0.4) is 0 Å². The van der Waals surface area contributed by atoms with E-state index >= 15 is 0 Å². The number of rotatable bonds is 6. The van der Waals surface area contributed by atoms with E-state index in [1.807, 2.05) is 0 Å². The molecule has 0 spiro atoms. The minimum absolute atomic E-state index is 0.00599. The predicted molar refractivity (Wildman–Crippen MR) is 88.9 cm³/mol. The minimum Gasteiger partial charge on any atom is -0.364 e. The van der Waals surface area contributed by atoms with Crippen molar-refractivity contribution in [1.82, 2.24) is 20.2 Å². The topological polar surface area (TPSA) is 70.2 Å². The average Bonchev–Trinajstić information content (AvgIpc) is 2.95. The van der Waals surface area contributed by atoms with E-state index in [9.17, 15) is 9.18 Å². The number of nitrogens with one attached hydrogen (secondary N) is 2. The van der Waals surface area contributed by atoms with Crippen molar-refractivity contribution in [3.63, 3.8) is 0 Å². The standard InChI is InChI=1S/C17H23FN4O2/c1-22-6-2-3-12(9-22)8-19-17(23)11-24-10-16-20-14-5-4-13(18)7-15(14)21-16/h4-5,7,12H,2-3,6,8-11H2,1H3,(H,19,23)(H,20,21)/t12-/m0/s1. The van der Waals surface area contributed by atoms with Gasteiger partial charge in [-0.2, -0.15) is 0 Å². The van der Waals surface area contributed by atoms with Crippen molar-refractivity contribution in [2.75, 3.05) is 33.3 Å². The first-order valence-electron chi connectivity index (χ1n) is 8.27. The van der Waals surface area contributed by atoms with Crippen LogP contribution < -0.4 is 5.32 Å². The van der Waals surface area contributed by atoms with Crippen molar-refractivity contribution in [3.8, 4) is 0 Å². The molecule has 0 aliphatic carbocycles. The zero-order valence-electron chi connectivity index (χ0n) is 13.8. The van der Waals surface area contributed by atoms with Gasteiger partial charge in [0.15, 0.2) is 0 Å². The maximum atomic E-state index is 13.1. The molecule has 0 radical (unpaired) electrons. The smallest absolute Gasteiger partial charge is 0.246 e. The molecule has 1 aromatic heterocycles. The molecule has 24 heavy (non-hydrogen) atoms. The second-order valence-corrected chi connectivity index (χ2v) is 6.41. The van der Waals surface area contributed by atoms with Gasteiger partial charge < -0.3 is 19.9 Å². The molecule has 0 unspecified atom stereocenters. The monoisotopic (exact) mass is 334 g/mol. The van der Waals surface area contributed by atoms with Crippen LogP contribution in [0.25, 0.3) is 11.0 Å². The summed E-state index contributed by atoms with van der Waals surface area (Å²) in [5.41, 5.74) is 1.31. The summed E-state index contributed by atoms with van der Waals surface area (Å²) in [5.74, 6) is 0.659. The summed E-state index contributed by atoms with van der Waals surface area (Å²) in [7, 11) is 2.11. The number of H-pyrrole nitrogens is 1. The van der Waals surface area contributed by atoms with Crippen LogP contribution in [-0.2, 0) is 16.1 Å². The summed E-state index contributed by atoms with van der Waals surface area (Å²) in [6, 6.07) is 4.36. The van der Waals surface area contributed by atoms with Crippen molar-refractivity contribution in [2.45, 2.75) is 19.4 Å². The Morgan fingerprint density at radius 1 is 1.54 bits per heavy atom. The Bertz CT molecular complexity index is 703. The highest BCUT2D eigenvalue weighted by atomic mass is 19.1. The number of nitrogens with zero attached hydrogens (tertiary/aromatic N) is 2. The zero-order valence-corrected chi connectivity index (χ0v) is 13.8. The molecule has 130 valence electrons. The van der Waals surface area contributed by atoms with E-state index in [1.165, 1.54) is 18.6 Å². The summed E-state index contributed by atoms with van der Waals surface area (Å²) in [4.78, 5) is 21.4. The van der Waals surface area contributed by atoms with Crippen molar-refractivity contribution < 1.29 is 13.9 Å². The molecule has 1 amide bonds. The quantitative estimate of drug-likeness (QED) is 0.843. The third-order valence-corrected chi connectivity index (χ3v) is 4.27. The Kier molecular flexibility index (Phi) is 5.42. The summed E-state index contributed by atoms with van der Waals surface area (Å²) in [5, 5.41) is 2.92. The number of ether oxygens (including phenoxy) is 1. The number of hydrogen-bond donors (Lipinski definition) is 2. The Labute approximate surface area is 140 Å². The van der Waals surface area contributed by atoms with Crippen LogP contribution in [0, 0.1) is 11.7 Å². The number of imidazole rings is 1. The van der Waals surface area contributed by atoms with Crippen molar-refractivity contribution in [3.05, 3.63) is 29.8 Å². The highest BCUT2D eigenvalue weighted by molar-refractivity contribution is 5.77. The van der Waals surface area contributed by atoms with Crippen LogP contribution in [0.2, 0.25) is 0 Å². The number of aromatic nitrogens is 2. The first-order chi connectivity index (χ1) is 11.6. The second kappa shape index (κ2) is 7.72. The third-order valence-electron chi connectivity index (χ3n) is 4.27. The van der Waals surface area contributed by atoms with Gasteiger partial charge in [0.25, 0.3) is 0 Å². The predicted octanol–water partition coefficient (Wildman–Crippen LogP) is 1.68. The molecule has 1 aromatic carbocycles. The molecule has 1 aliphatic heterocycles. The zero-order chi connectivity index (χ0) is 16.9. The molecule has 1 saturated heterocycles. The van der Waals surface area contributed by atoms with Gasteiger partial charge in [-0.15, -0.1) is 0 Å². The van der Waals surface area contributed by atoms with E-state index < -0.39 is 0 Å². The highest BCUT2D eigenvalue weighted by Gasteiger charge is 2.17. The number of likely N-dealkylation sites (tertiary alicyclic amines) is 1. The van der Waals surface area contributed by atoms with E-state index in [1.54, 1.807) is 6.07 Å². The first kappa shape index (κ1) is 16.9. The highest BCUT2D eigenvalue weighted by Crippen LogP contribution is 2.14. The summed E-state index contributed by atoms with van der Waals surface area (Å²) < 4.78 is 18.5. The van der Waals surface area contributed by atoms with Crippen LogP contribution in [0.15, 0.2) is 18.2 Å². The van der Waals surface area contributed by atoms with Crippen LogP contribution in [0.5, 0.6) is 0 Å². The molecule has 1 atom stereocenters. The molecule has 3 rings (SSSR count). The van der Waals surface area contributed by atoms with E-state index in [4.69, 9.17) is 4.74 Å². The Morgan fingerprint density at radius 3 is 3.25 bits per heavy atom. The Morgan fingerprint density at radius 2 is 2.42 bits per heavy atom. The Hall–Kier alpha value is -1.99. The van der Waals surface area contributed by atoms with Crippen molar-refractivity contribution >= 4 is 16.9 Å². The van der Waals surface area contributed by atoms with Gasteiger partial charge in [0.05, 0.1) is 11.0 Å². The lowest BCUT2D eigenvalue weighted by atomic mass is 9.98. The molecule has 0 saturated carbocycles. The van der Waals surface area contributed by atoms with Gasteiger partial charge in [0, 0.05) is 13.1 Å². The van der Waals surface area contributed by atoms with Gasteiger partial charge >= 0.3 is 0 Å². The molecule has 7 heteroatoms. The molecule has 0 bridgehead atoms. The molecule has 6 nitrogen and oxygen atoms in total. The number of aromatic amines is 1. The van der Waals surface area contributed by atoms with E-state index in [0.717, 1.165) is 19.5 Å².